The van der Waals surface area contributed by atoms with Crippen molar-refractivity contribution in [2.45, 2.75) is 38.5 Å². The molecule has 0 radical (unpaired) electrons. The summed E-state index contributed by atoms with van der Waals surface area (Å²) in [6.45, 7) is 1.48. The molecule has 1 aromatic carbocycles. The van der Waals surface area contributed by atoms with Gasteiger partial charge >= 0.3 is 5.97 Å². The van der Waals surface area contributed by atoms with E-state index in [1.165, 1.54) is 0 Å². The molecule has 2 rings (SSSR count). The molecule has 0 saturated heterocycles. The fourth-order valence-electron chi connectivity index (χ4n) is 1.57. The van der Waals surface area contributed by atoms with E-state index in [-0.39, 0.29) is 18.6 Å². The molecule has 1 aliphatic carbocycles. The molecule has 1 aliphatic rings. The number of benzene rings is 1. The Morgan fingerprint density at radius 2 is 2.00 bits per heavy atom. The van der Waals surface area contributed by atoms with Crippen LogP contribution in [0.25, 0.3) is 0 Å². The average Bonchev–Trinajstić information content (AvgIpc) is 3.22. The van der Waals surface area contributed by atoms with Crippen LogP contribution >= 0.6 is 0 Å². The lowest BCUT2D eigenvalue weighted by Gasteiger charge is -2.13. The fraction of sp³-hybridized carbons (Fsp3) is 0.429. The molecular weight excluding hydrogens is 246 g/mol. The minimum atomic E-state index is -0.800. The van der Waals surface area contributed by atoms with Crippen molar-refractivity contribution in [3.63, 3.8) is 0 Å². The Morgan fingerprint density at radius 1 is 1.37 bits per heavy atom. The van der Waals surface area contributed by atoms with Crippen molar-refractivity contribution in [1.29, 1.82) is 0 Å². The van der Waals surface area contributed by atoms with E-state index in [2.05, 4.69) is 5.32 Å². The van der Waals surface area contributed by atoms with E-state index in [9.17, 15) is 9.59 Å². The van der Waals surface area contributed by atoms with Gasteiger partial charge in [0, 0.05) is 6.04 Å². The summed E-state index contributed by atoms with van der Waals surface area (Å²) in [5.41, 5.74) is 1.08. The van der Waals surface area contributed by atoms with Crippen LogP contribution in [0.1, 0.15) is 35.7 Å². The number of aliphatic hydroxyl groups excluding tert-OH is 1. The summed E-state index contributed by atoms with van der Waals surface area (Å²) in [5.74, 6) is -0.800. The van der Waals surface area contributed by atoms with Crippen LogP contribution in [0.3, 0.4) is 0 Å². The maximum atomic E-state index is 11.8. The van der Waals surface area contributed by atoms with Crippen molar-refractivity contribution in [3.05, 3.63) is 35.4 Å². The summed E-state index contributed by atoms with van der Waals surface area (Å²) >= 11 is 0. The van der Waals surface area contributed by atoms with Gasteiger partial charge in [0.05, 0.1) is 12.2 Å². The third-order valence-corrected chi connectivity index (χ3v) is 2.95. The van der Waals surface area contributed by atoms with Gasteiger partial charge in [-0.1, -0.05) is 12.1 Å². The first kappa shape index (κ1) is 13.5. The molecule has 0 unspecified atom stereocenters. The Balaban J connectivity index is 1.89. The van der Waals surface area contributed by atoms with Gasteiger partial charge in [0.25, 0.3) is 5.91 Å². The van der Waals surface area contributed by atoms with Gasteiger partial charge in [-0.3, -0.25) is 4.79 Å². The molecule has 5 heteroatoms. The minimum Gasteiger partial charge on any atom is -0.449 e. The van der Waals surface area contributed by atoms with E-state index in [0.717, 1.165) is 18.4 Å². The third kappa shape index (κ3) is 3.79. The van der Waals surface area contributed by atoms with Crippen molar-refractivity contribution < 1.29 is 19.4 Å². The molecule has 0 aliphatic heterocycles. The summed E-state index contributed by atoms with van der Waals surface area (Å²) in [6, 6.07) is 6.67. The number of hydrogen-bond acceptors (Lipinski definition) is 4. The largest absolute Gasteiger partial charge is 0.449 e. The van der Waals surface area contributed by atoms with Crippen molar-refractivity contribution in [1.82, 2.24) is 5.32 Å². The molecule has 0 heterocycles. The van der Waals surface area contributed by atoms with Crippen LogP contribution in [-0.4, -0.2) is 29.1 Å². The smallest absolute Gasteiger partial charge is 0.338 e. The van der Waals surface area contributed by atoms with Crippen molar-refractivity contribution >= 4 is 11.9 Å². The molecular formula is C14H17NO4. The average molecular weight is 263 g/mol. The molecule has 1 aromatic rings. The quantitative estimate of drug-likeness (QED) is 0.777. The summed E-state index contributed by atoms with van der Waals surface area (Å²) in [7, 11) is 0. The molecule has 0 bridgehead atoms. The molecule has 0 spiro atoms. The molecule has 1 fully saturated rings. The molecule has 102 valence electrons. The molecule has 1 saturated carbocycles. The highest BCUT2D eigenvalue weighted by Crippen LogP contribution is 2.19. The highest BCUT2D eigenvalue weighted by Gasteiger charge is 2.27. The number of carbonyl (C=O) groups excluding carboxylic acids is 2. The van der Waals surface area contributed by atoms with Gasteiger partial charge < -0.3 is 15.2 Å². The van der Waals surface area contributed by atoms with Gasteiger partial charge in [-0.2, -0.15) is 0 Å². The Morgan fingerprint density at radius 3 is 2.53 bits per heavy atom. The molecule has 5 nitrogen and oxygen atoms in total. The Kier molecular flexibility index (Phi) is 4.16. The predicted molar refractivity (Wildman–Crippen MR) is 68.4 cm³/mol. The van der Waals surface area contributed by atoms with E-state index in [0.29, 0.717) is 5.56 Å². The minimum absolute atomic E-state index is 0.0739. The van der Waals surface area contributed by atoms with Crippen LogP contribution in [0, 0.1) is 0 Å². The summed E-state index contributed by atoms with van der Waals surface area (Å²) in [5, 5.41) is 11.7. The molecule has 1 amide bonds. The predicted octanol–water partition coefficient (Wildman–Crippen LogP) is 1.00. The fourth-order valence-corrected chi connectivity index (χ4v) is 1.57. The number of amides is 1. The third-order valence-electron chi connectivity index (χ3n) is 2.95. The standard InChI is InChI=1S/C14H17NO4/c1-9(13(17)15-12-6-7-12)19-14(18)11-4-2-10(8-16)3-5-11/h2-5,9,12,16H,6-8H2,1H3,(H,15,17)/t9-/m1/s1. The first-order valence-electron chi connectivity index (χ1n) is 6.31. The lowest BCUT2D eigenvalue weighted by Crippen LogP contribution is -2.37. The number of ether oxygens (including phenoxy) is 1. The number of hydrogen-bond donors (Lipinski definition) is 2. The number of aliphatic hydroxyl groups is 1. The van der Waals surface area contributed by atoms with E-state index in [1.807, 2.05) is 0 Å². The van der Waals surface area contributed by atoms with Crippen LogP contribution < -0.4 is 5.32 Å². The maximum absolute atomic E-state index is 11.8. The summed E-state index contributed by atoms with van der Waals surface area (Å²) in [6.07, 6.45) is 1.19. The molecule has 1 atom stereocenters. The van der Waals surface area contributed by atoms with E-state index >= 15 is 0 Å². The molecule has 19 heavy (non-hydrogen) atoms. The molecule has 0 aromatic heterocycles. The highest BCUT2D eigenvalue weighted by molar-refractivity contribution is 5.92. The number of rotatable bonds is 5. The van der Waals surface area contributed by atoms with Crippen LogP contribution in [0.2, 0.25) is 0 Å². The Labute approximate surface area is 111 Å². The van der Waals surface area contributed by atoms with Crippen LogP contribution in [-0.2, 0) is 16.1 Å². The SMILES string of the molecule is C[C@@H](OC(=O)c1ccc(CO)cc1)C(=O)NC1CC1. The Bertz CT molecular complexity index is 465. The van der Waals surface area contributed by atoms with Gasteiger partial charge in [-0.05, 0) is 37.5 Å². The number of nitrogens with one attached hydrogen (secondary N) is 1. The summed E-state index contributed by atoms with van der Waals surface area (Å²) in [4.78, 5) is 23.4. The zero-order valence-corrected chi connectivity index (χ0v) is 10.8. The zero-order chi connectivity index (χ0) is 13.8. The van der Waals surface area contributed by atoms with E-state index in [4.69, 9.17) is 9.84 Å². The topological polar surface area (TPSA) is 75.6 Å². The van der Waals surface area contributed by atoms with Gasteiger partial charge in [-0.15, -0.1) is 0 Å². The van der Waals surface area contributed by atoms with Gasteiger partial charge in [0.15, 0.2) is 6.10 Å². The van der Waals surface area contributed by atoms with Crippen LogP contribution in [0.15, 0.2) is 24.3 Å². The number of esters is 1. The highest BCUT2D eigenvalue weighted by atomic mass is 16.5. The maximum Gasteiger partial charge on any atom is 0.338 e. The lowest BCUT2D eigenvalue weighted by molar-refractivity contribution is -0.129. The monoisotopic (exact) mass is 263 g/mol. The van der Waals surface area contributed by atoms with Crippen LogP contribution in [0.5, 0.6) is 0 Å². The zero-order valence-electron chi connectivity index (χ0n) is 10.8. The second kappa shape index (κ2) is 5.84. The normalized spacial score (nSPS) is 15.7. The second-order valence-corrected chi connectivity index (χ2v) is 4.69. The lowest BCUT2D eigenvalue weighted by atomic mass is 10.1. The van der Waals surface area contributed by atoms with Crippen molar-refractivity contribution in [2.75, 3.05) is 0 Å². The van der Waals surface area contributed by atoms with Gasteiger partial charge in [0.2, 0.25) is 0 Å². The number of carbonyl (C=O) groups is 2. The first-order valence-corrected chi connectivity index (χ1v) is 6.31. The van der Waals surface area contributed by atoms with E-state index < -0.39 is 12.1 Å². The van der Waals surface area contributed by atoms with Crippen molar-refractivity contribution in [3.8, 4) is 0 Å². The summed E-state index contributed by atoms with van der Waals surface area (Å²) < 4.78 is 5.09. The first-order chi connectivity index (χ1) is 9.10. The van der Waals surface area contributed by atoms with Crippen LogP contribution in [0.4, 0.5) is 0 Å². The van der Waals surface area contributed by atoms with Gasteiger partial charge in [0.1, 0.15) is 0 Å². The van der Waals surface area contributed by atoms with E-state index in [1.54, 1.807) is 31.2 Å². The Hall–Kier alpha value is -1.88. The van der Waals surface area contributed by atoms with Crippen molar-refractivity contribution in [2.24, 2.45) is 0 Å². The second-order valence-electron chi connectivity index (χ2n) is 4.69. The molecule has 2 N–H and O–H groups in total. The van der Waals surface area contributed by atoms with Gasteiger partial charge in [-0.25, -0.2) is 4.79 Å².